The molecule has 0 aromatic rings. The molecule has 18 heteroatoms. The highest BCUT2D eigenvalue weighted by Crippen LogP contribution is 2.45. The number of nitrogens with one attached hydrogen (secondary N) is 5. The van der Waals surface area contributed by atoms with Gasteiger partial charge in [0.2, 0.25) is 11.9 Å². The van der Waals surface area contributed by atoms with Gasteiger partial charge in [-0.3, -0.25) is 41.2 Å². The molecule has 5 N–H and O–H groups in total. The third-order valence-electron chi connectivity index (χ3n) is 12.1. The van der Waals surface area contributed by atoms with Crippen molar-refractivity contribution in [3.8, 4) is 0 Å². The maximum Gasteiger partial charge on any atom is 0.244 e. The molecule has 0 radical (unpaired) electrons. The van der Waals surface area contributed by atoms with E-state index in [0.717, 1.165) is 32.4 Å². The Hall–Kier alpha value is -1.25. The SMILES string of the molecule is COC1C(NC2CC(C)NN2)NC(SC2CCC(S(=O)(=O)C(C)(C)C3CCCC([N+](=O)[O-])C3F)CC2F)NC1N1CCC(N(C)C(C)=O)CC1. The first kappa shape index (κ1) is 39.9. The van der Waals surface area contributed by atoms with E-state index in [0.29, 0.717) is 12.8 Å². The van der Waals surface area contributed by atoms with Crippen LogP contribution in [-0.2, 0) is 19.4 Å². The second-order valence-electron chi connectivity index (χ2n) is 15.5. The number of sulfone groups is 1. The van der Waals surface area contributed by atoms with Gasteiger partial charge in [0.05, 0.1) is 28.5 Å². The zero-order valence-corrected chi connectivity index (χ0v) is 31.8. The summed E-state index contributed by atoms with van der Waals surface area (Å²) in [4.78, 5) is 27.0. The number of hydrogen-bond donors (Lipinski definition) is 5. The third kappa shape index (κ3) is 8.43. The number of thioether (sulfide) groups is 1. The second-order valence-corrected chi connectivity index (χ2v) is 19.6. The summed E-state index contributed by atoms with van der Waals surface area (Å²) < 4.78 is 64.0. The minimum atomic E-state index is -4.02. The molecule has 2 aliphatic carbocycles. The minimum absolute atomic E-state index is 0.0221. The Labute approximate surface area is 299 Å². The van der Waals surface area contributed by atoms with E-state index >= 15 is 8.78 Å². The van der Waals surface area contributed by atoms with Crippen LogP contribution in [0.25, 0.3) is 0 Å². The molecule has 0 bridgehead atoms. The van der Waals surface area contributed by atoms with E-state index in [4.69, 9.17) is 4.74 Å². The van der Waals surface area contributed by atoms with Gasteiger partial charge in [-0.05, 0) is 72.1 Å². The van der Waals surface area contributed by atoms with Crippen molar-refractivity contribution in [3.05, 3.63) is 10.1 Å². The molecule has 5 fully saturated rings. The molecule has 5 rings (SSSR count). The van der Waals surface area contributed by atoms with Gasteiger partial charge in [0.1, 0.15) is 17.8 Å². The minimum Gasteiger partial charge on any atom is -0.375 e. The van der Waals surface area contributed by atoms with Gasteiger partial charge in [0.15, 0.2) is 16.0 Å². The number of nitro groups is 1. The zero-order valence-electron chi connectivity index (χ0n) is 30.1. The van der Waals surface area contributed by atoms with Crippen LogP contribution in [-0.4, -0.2) is 132 Å². The number of likely N-dealkylation sites (tertiary alicyclic amines) is 1. The molecule has 50 heavy (non-hydrogen) atoms. The molecule has 12 atom stereocenters. The number of rotatable bonds is 11. The van der Waals surface area contributed by atoms with Gasteiger partial charge >= 0.3 is 0 Å². The van der Waals surface area contributed by atoms with Gasteiger partial charge in [0.25, 0.3) is 0 Å². The van der Waals surface area contributed by atoms with Crippen LogP contribution in [0.2, 0.25) is 0 Å². The first-order chi connectivity index (χ1) is 23.5. The summed E-state index contributed by atoms with van der Waals surface area (Å²) in [6, 6.07) is -0.981. The van der Waals surface area contributed by atoms with Crippen LogP contribution in [0.15, 0.2) is 0 Å². The Morgan fingerprint density at radius 3 is 2.36 bits per heavy atom. The predicted molar refractivity (Wildman–Crippen MR) is 189 cm³/mol. The second kappa shape index (κ2) is 16.4. The van der Waals surface area contributed by atoms with Crippen molar-refractivity contribution in [2.45, 2.75) is 161 Å². The molecular formula is C32H58F2N8O6S2. The molecule has 3 aliphatic heterocycles. The Kier molecular flexibility index (Phi) is 13.1. The van der Waals surface area contributed by atoms with Crippen LogP contribution in [0.3, 0.4) is 0 Å². The summed E-state index contributed by atoms with van der Waals surface area (Å²) >= 11 is 1.42. The molecular weight excluding hydrogens is 695 g/mol. The van der Waals surface area contributed by atoms with Crippen molar-refractivity contribution < 1.29 is 31.7 Å². The van der Waals surface area contributed by atoms with Crippen LogP contribution in [0, 0.1) is 16.0 Å². The predicted octanol–water partition coefficient (Wildman–Crippen LogP) is 1.84. The van der Waals surface area contributed by atoms with Crippen molar-refractivity contribution in [3.63, 3.8) is 0 Å². The van der Waals surface area contributed by atoms with E-state index in [9.17, 15) is 23.3 Å². The molecule has 3 saturated heterocycles. The smallest absolute Gasteiger partial charge is 0.244 e. The fourth-order valence-corrected chi connectivity index (χ4v) is 12.5. The Balaban J connectivity index is 1.26. The fraction of sp³-hybridized carbons (Fsp3) is 0.969. The van der Waals surface area contributed by atoms with E-state index in [2.05, 4.69) is 38.6 Å². The number of methoxy groups -OCH3 is 1. The molecule has 0 spiro atoms. The third-order valence-corrected chi connectivity index (χ3v) is 16.6. The summed E-state index contributed by atoms with van der Waals surface area (Å²) in [5.41, 5.74) is 6.14. The average molecular weight is 753 g/mol. The average Bonchev–Trinajstić information content (AvgIpc) is 3.48. The number of halogens is 2. The molecule has 2 saturated carbocycles. The monoisotopic (exact) mass is 752 g/mol. The molecule has 12 unspecified atom stereocenters. The molecule has 0 aromatic carbocycles. The topological polar surface area (TPSA) is 170 Å². The molecule has 288 valence electrons. The highest BCUT2D eigenvalue weighted by atomic mass is 32.2. The summed E-state index contributed by atoms with van der Waals surface area (Å²) in [7, 11) is -0.503. The largest absolute Gasteiger partial charge is 0.375 e. The van der Waals surface area contributed by atoms with Crippen LogP contribution in [0.4, 0.5) is 8.78 Å². The number of amides is 1. The lowest BCUT2D eigenvalue weighted by Gasteiger charge is -2.50. The first-order valence-corrected chi connectivity index (χ1v) is 20.6. The molecule has 1 amide bonds. The number of carbonyl (C=O) groups excluding carboxylic acids is 1. The quantitative estimate of drug-likeness (QED) is 0.153. The van der Waals surface area contributed by atoms with E-state index in [-0.39, 0.29) is 73.8 Å². The Morgan fingerprint density at radius 1 is 1.08 bits per heavy atom. The van der Waals surface area contributed by atoms with E-state index in [1.165, 1.54) is 25.6 Å². The van der Waals surface area contributed by atoms with Crippen molar-refractivity contribution in [2.75, 3.05) is 27.2 Å². The number of alkyl halides is 2. The van der Waals surface area contributed by atoms with Crippen LogP contribution in [0.5, 0.6) is 0 Å². The van der Waals surface area contributed by atoms with Crippen molar-refractivity contribution in [1.29, 1.82) is 0 Å². The number of hydrazine groups is 1. The first-order valence-electron chi connectivity index (χ1n) is 18.1. The maximum absolute atomic E-state index is 16.1. The lowest BCUT2D eigenvalue weighted by atomic mass is 9.77. The van der Waals surface area contributed by atoms with E-state index < -0.39 is 54.3 Å². The highest BCUT2D eigenvalue weighted by molar-refractivity contribution is 8.00. The number of piperidine rings is 1. The lowest BCUT2D eigenvalue weighted by molar-refractivity contribution is -0.536. The summed E-state index contributed by atoms with van der Waals surface area (Å²) in [6.07, 6.45) is -0.569. The van der Waals surface area contributed by atoms with Gasteiger partial charge in [-0.25, -0.2) is 22.6 Å². The summed E-state index contributed by atoms with van der Waals surface area (Å²) in [5.74, 6) is -0.977. The van der Waals surface area contributed by atoms with Crippen molar-refractivity contribution >= 4 is 27.5 Å². The Bertz CT molecular complexity index is 1300. The maximum atomic E-state index is 16.1. The van der Waals surface area contributed by atoms with Crippen LogP contribution in [0.1, 0.15) is 85.5 Å². The van der Waals surface area contributed by atoms with Crippen LogP contribution < -0.4 is 26.8 Å². The molecule has 3 heterocycles. The Morgan fingerprint density at radius 2 is 1.78 bits per heavy atom. The number of ether oxygens (including phenoxy) is 1. The van der Waals surface area contributed by atoms with E-state index in [1.807, 2.05) is 7.05 Å². The fourth-order valence-electron chi connectivity index (χ4n) is 8.78. The zero-order chi connectivity index (χ0) is 36.5. The summed E-state index contributed by atoms with van der Waals surface area (Å²) in [6.45, 7) is 8.09. The molecule has 5 aliphatic rings. The number of hydrogen-bond acceptors (Lipinski definition) is 13. The van der Waals surface area contributed by atoms with Gasteiger partial charge in [0, 0.05) is 68.8 Å². The normalized spacial score (nSPS) is 39.7. The lowest BCUT2D eigenvalue weighted by Crippen LogP contribution is -2.75. The van der Waals surface area contributed by atoms with Gasteiger partial charge in [-0.15, -0.1) is 11.8 Å². The van der Waals surface area contributed by atoms with Crippen LogP contribution >= 0.6 is 11.8 Å². The standard InChI is InChI=1S/C32H58F2N8O6S2/c1-18-16-26(39-38-18)35-29-28(48-6)30(41-14-12-20(13-15-41)40(5)19(2)43)37-31(36-29)49-25-11-10-21(17-23(25)33)50(46,47)32(3,4)22-8-7-9-24(27(22)34)42(44)45/h18,20-31,35-39H,7-17H2,1-6H3. The number of nitrogens with zero attached hydrogens (tertiary/aromatic N) is 3. The van der Waals surface area contributed by atoms with Gasteiger partial charge in [-0.1, -0.05) is 0 Å². The number of carbonyl (C=O) groups is 1. The van der Waals surface area contributed by atoms with E-state index in [1.54, 1.807) is 18.9 Å². The van der Waals surface area contributed by atoms with Crippen molar-refractivity contribution in [2.24, 2.45) is 5.92 Å². The van der Waals surface area contributed by atoms with Crippen molar-refractivity contribution in [1.82, 2.24) is 36.6 Å². The summed E-state index contributed by atoms with van der Waals surface area (Å²) in [5, 5.41) is 20.9. The van der Waals surface area contributed by atoms with Gasteiger partial charge < -0.3 is 9.64 Å². The molecule has 0 aromatic heterocycles. The molecule has 14 nitrogen and oxygen atoms in total. The highest BCUT2D eigenvalue weighted by Gasteiger charge is 2.55. The van der Waals surface area contributed by atoms with Gasteiger partial charge in [-0.2, -0.15) is 0 Å².